The smallest absolute Gasteiger partial charge is 0.316 e. The third-order valence-corrected chi connectivity index (χ3v) is 3.23. The molecule has 0 bridgehead atoms. The fourth-order valence-electron chi connectivity index (χ4n) is 2.24. The van der Waals surface area contributed by atoms with Crippen molar-refractivity contribution in [3.8, 4) is 6.01 Å². The number of aryl methyl sites for hydroxylation is 1. The summed E-state index contributed by atoms with van der Waals surface area (Å²) in [6.07, 6.45) is 6.78. The zero-order valence-corrected chi connectivity index (χ0v) is 11.0. The summed E-state index contributed by atoms with van der Waals surface area (Å²) in [6.45, 7) is 0. The van der Waals surface area contributed by atoms with Gasteiger partial charge in [0.1, 0.15) is 5.76 Å². The van der Waals surface area contributed by atoms with Crippen molar-refractivity contribution in [3.63, 3.8) is 0 Å². The third-order valence-electron chi connectivity index (χ3n) is 3.23. The van der Waals surface area contributed by atoms with Crippen LogP contribution >= 0.6 is 0 Å². The van der Waals surface area contributed by atoms with Crippen LogP contribution < -0.4 is 10.1 Å². The van der Waals surface area contributed by atoms with Crippen molar-refractivity contribution in [2.45, 2.75) is 25.7 Å². The number of methoxy groups -OCH3 is 1. The van der Waals surface area contributed by atoms with Gasteiger partial charge in [-0.05, 0) is 19.3 Å². The highest BCUT2D eigenvalue weighted by Gasteiger charge is 2.24. The Balaban J connectivity index is 1.77. The summed E-state index contributed by atoms with van der Waals surface area (Å²) >= 11 is 0. The van der Waals surface area contributed by atoms with Gasteiger partial charge in [-0.2, -0.15) is 0 Å². The van der Waals surface area contributed by atoms with Gasteiger partial charge in [0, 0.05) is 12.0 Å². The van der Waals surface area contributed by atoms with Gasteiger partial charge in [-0.1, -0.05) is 5.16 Å². The summed E-state index contributed by atoms with van der Waals surface area (Å²) in [5, 5.41) is 6.58. The van der Waals surface area contributed by atoms with Crippen LogP contribution in [0.15, 0.2) is 16.9 Å². The minimum Gasteiger partial charge on any atom is -0.467 e. The maximum atomic E-state index is 12.2. The number of hydrogen-bond donors (Lipinski definition) is 1. The number of hydrogen-bond acceptors (Lipinski definition) is 6. The molecule has 7 nitrogen and oxygen atoms in total. The molecule has 0 aromatic carbocycles. The molecule has 1 amide bonds. The van der Waals surface area contributed by atoms with Crippen molar-refractivity contribution in [1.82, 2.24) is 15.1 Å². The molecule has 0 unspecified atom stereocenters. The van der Waals surface area contributed by atoms with Crippen molar-refractivity contribution < 1.29 is 14.1 Å². The maximum Gasteiger partial charge on any atom is 0.316 e. The average molecular weight is 274 g/mol. The molecule has 0 radical (unpaired) electrons. The second-order valence-corrected chi connectivity index (χ2v) is 4.55. The fraction of sp³-hybridized carbons (Fsp3) is 0.385. The number of fused-ring (bicyclic) bond motifs is 1. The summed E-state index contributed by atoms with van der Waals surface area (Å²) < 4.78 is 10.1. The van der Waals surface area contributed by atoms with E-state index in [1.807, 2.05) is 0 Å². The topological polar surface area (TPSA) is 90.1 Å². The number of carbonyl (C=O) groups excluding carboxylic acids is 1. The molecule has 104 valence electrons. The molecule has 2 aromatic rings. The number of nitrogens with zero attached hydrogens (tertiary/aromatic N) is 3. The molecule has 20 heavy (non-hydrogen) atoms. The second kappa shape index (κ2) is 5.28. The van der Waals surface area contributed by atoms with E-state index in [1.54, 1.807) is 0 Å². The van der Waals surface area contributed by atoms with Crippen molar-refractivity contribution >= 4 is 11.6 Å². The van der Waals surface area contributed by atoms with Crippen LogP contribution in [0.3, 0.4) is 0 Å². The summed E-state index contributed by atoms with van der Waals surface area (Å²) in [6, 6.07) is 0.252. The molecule has 1 aliphatic carbocycles. The van der Waals surface area contributed by atoms with Gasteiger partial charge in [-0.15, -0.1) is 0 Å². The zero-order valence-electron chi connectivity index (χ0n) is 11.0. The van der Waals surface area contributed by atoms with Gasteiger partial charge in [0.05, 0.1) is 25.2 Å². The van der Waals surface area contributed by atoms with Crippen LogP contribution in [0.25, 0.3) is 0 Å². The van der Waals surface area contributed by atoms with Gasteiger partial charge in [0.2, 0.25) is 0 Å². The van der Waals surface area contributed by atoms with Gasteiger partial charge in [0.15, 0.2) is 5.69 Å². The van der Waals surface area contributed by atoms with Gasteiger partial charge in [-0.3, -0.25) is 4.79 Å². The predicted octanol–water partition coefficient (Wildman–Crippen LogP) is 1.60. The number of ether oxygens (including phenoxy) is 1. The summed E-state index contributed by atoms with van der Waals surface area (Å²) in [5.41, 5.74) is 1.77. The highest BCUT2D eigenvalue weighted by atomic mass is 16.5. The maximum absolute atomic E-state index is 12.2. The normalized spacial score (nSPS) is 13.7. The highest BCUT2D eigenvalue weighted by Crippen LogP contribution is 2.24. The SMILES string of the molecule is COc1ncc(NC(=O)c2noc3c2CCCC3)cn1. The Kier molecular flexibility index (Phi) is 3.32. The van der Waals surface area contributed by atoms with E-state index in [9.17, 15) is 4.79 Å². The predicted molar refractivity (Wildman–Crippen MR) is 69.7 cm³/mol. The van der Waals surface area contributed by atoms with E-state index in [0.29, 0.717) is 11.4 Å². The zero-order chi connectivity index (χ0) is 13.9. The molecule has 0 saturated carbocycles. The number of aromatic nitrogens is 3. The van der Waals surface area contributed by atoms with Crippen molar-refractivity contribution in [2.24, 2.45) is 0 Å². The van der Waals surface area contributed by atoms with Crippen molar-refractivity contribution in [1.29, 1.82) is 0 Å². The minimum atomic E-state index is -0.300. The lowest BCUT2D eigenvalue weighted by Gasteiger charge is -2.09. The molecule has 0 atom stereocenters. The van der Waals surface area contributed by atoms with Crippen LogP contribution in [0.1, 0.15) is 34.7 Å². The van der Waals surface area contributed by atoms with E-state index in [-0.39, 0.29) is 11.9 Å². The number of nitrogens with one attached hydrogen (secondary N) is 1. The van der Waals surface area contributed by atoms with Crippen molar-refractivity contribution in [2.75, 3.05) is 12.4 Å². The number of amides is 1. The molecule has 7 heteroatoms. The van der Waals surface area contributed by atoms with Crippen LogP contribution in [0.5, 0.6) is 6.01 Å². The first kappa shape index (κ1) is 12.6. The lowest BCUT2D eigenvalue weighted by molar-refractivity contribution is 0.101. The van der Waals surface area contributed by atoms with E-state index in [0.717, 1.165) is 37.0 Å². The Morgan fingerprint density at radius 2 is 2.05 bits per heavy atom. The molecule has 0 fully saturated rings. The molecular formula is C13H14N4O3. The number of rotatable bonds is 3. The van der Waals surface area contributed by atoms with Crippen LogP contribution in [-0.4, -0.2) is 28.1 Å². The molecule has 2 aromatic heterocycles. The highest BCUT2D eigenvalue weighted by molar-refractivity contribution is 6.03. The Labute approximate surface area is 115 Å². The molecule has 0 saturated heterocycles. The quantitative estimate of drug-likeness (QED) is 0.914. The van der Waals surface area contributed by atoms with Gasteiger partial charge < -0.3 is 14.6 Å². The lowest BCUT2D eigenvalue weighted by atomic mass is 9.96. The molecule has 0 aliphatic heterocycles. The minimum absolute atomic E-state index is 0.252. The van der Waals surface area contributed by atoms with Gasteiger partial charge in [-0.25, -0.2) is 9.97 Å². The Morgan fingerprint density at radius 3 is 2.80 bits per heavy atom. The molecule has 1 aliphatic rings. The van der Waals surface area contributed by atoms with Crippen LogP contribution in [-0.2, 0) is 12.8 Å². The first-order valence-corrected chi connectivity index (χ1v) is 6.42. The number of carbonyl (C=O) groups is 1. The molecule has 0 spiro atoms. The first-order chi connectivity index (χ1) is 9.78. The molecule has 2 heterocycles. The Hall–Kier alpha value is -2.44. The third kappa shape index (κ3) is 2.34. The van der Waals surface area contributed by atoms with Gasteiger partial charge >= 0.3 is 6.01 Å². The lowest BCUT2D eigenvalue weighted by Crippen LogP contribution is -2.16. The van der Waals surface area contributed by atoms with Gasteiger partial charge in [0.25, 0.3) is 5.91 Å². The van der Waals surface area contributed by atoms with Crippen LogP contribution in [0, 0.1) is 0 Å². The van der Waals surface area contributed by atoms with E-state index in [1.165, 1.54) is 19.5 Å². The fourth-order valence-corrected chi connectivity index (χ4v) is 2.24. The Bertz CT molecular complexity index is 621. The molecule has 3 rings (SSSR count). The Morgan fingerprint density at radius 1 is 1.30 bits per heavy atom. The van der Waals surface area contributed by atoms with E-state index in [2.05, 4.69) is 20.4 Å². The number of anilines is 1. The largest absolute Gasteiger partial charge is 0.467 e. The first-order valence-electron chi connectivity index (χ1n) is 6.42. The monoisotopic (exact) mass is 274 g/mol. The average Bonchev–Trinajstić information content (AvgIpc) is 2.92. The van der Waals surface area contributed by atoms with Crippen molar-refractivity contribution in [3.05, 3.63) is 29.4 Å². The van der Waals surface area contributed by atoms with Crippen LogP contribution in [0.4, 0.5) is 5.69 Å². The second-order valence-electron chi connectivity index (χ2n) is 4.55. The summed E-state index contributed by atoms with van der Waals surface area (Å²) in [7, 11) is 1.48. The summed E-state index contributed by atoms with van der Waals surface area (Å²) in [4.78, 5) is 20.0. The summed E-state index contributed by atoms with van der Waals surface area (Å²) in [5.74, 6) is 0.526. The van der Waals surface area contributed by atoms with E-state index >= 15 is 0 Å². The van der Waals surface area contributed by atoms with E-state index in [4.69, 9.17) is 9.26 Å². The standard InChI is InChI=1S/C13H14N4O3/c1-19-13-14-6-8(7-15-13)16-12(18)11-9-4-2-3-5-10(9)20-17-11/h6-7H,2-5H2,1H3,(H,16,18). The van der Waals surface area contributed by atoms with Crippen LogP contribution in [0.2, 0.25) is 0 Å². The molecule has 1 N–H and O–H groups in total. The van der Waals surface area contributed by atoms with E-state index < -0.39 is 0 Å². The molecular weight excluding hydrogens is 260 g/mol.